The fraction of sp³-hybridized carbons (Fsp3) is 0.273. The zero-order valence-electron chi connectivity index (χ0n) is 17.9. The van der Waals surface area contributed by atoms with Crippen LogP contribution in [0.15, 0.2) is 53.8 Å². The van der Waals surface area contributed by atoms with Crippen LogP contribution in [0.4, 0.5) is 0 Å². The van der Waals surface area contributed by atoms with E-state index < -0.39 is 0 Å². The van der Waals surface area contributed by atoms with Crippen molar-refractivity contribution in [2.24, 2.45) is 0 Å². The summed E-state index contributed by atoms with van der Waals surface area (Å²) >= 11 is 0. The predicted octanol–water partition coefficient (Wildman–Crippen LogP) is 2.71. The van der Waals surface area contributed by atoms with Crippen LogP contribution in [-0.4, -0.2) is 50.9 Å². The molecule has 0 bridgehead atoms. The highest BCUT2D eigenvalue weighted by molar-refractivity contribution is 5.81. The third-order valence-corrected chi connectivity index (χ3v) is 5.38. The first-order valence-corrected chi connectivity index (χ1v) is 9.80. The normalized spacial score (nSPS) is 12.3. The number of methoxy groups -OCH3 is 2. The van der Waals surface area contributed by atoms with Crippen LogP contribution in [0.2, 0.25) is 0 Å². The molecule has 0 fully saturated rings. The third-order valence-electron chi connectivity index (χ3n) is 5.38. The van der Waals surface area contributed by atoms with Crippen molar-refractivity contribution < 1.29 is 9.47 Å². The Bertz CT molecular complexity index is 1230. The fourth-order valence-corrected chi connectivity index (χ4v) is 3.46. The Labute approximate surface area is 179 Å². The summed E-state index contributed by atoms with van der Waals surface area (Å²) in [5.74, 6) is 1.61. The van der Waals surface area contributed by atoms with E-state index in [0.29, 0.717) is 34.8 Å². The lowest BCUT2D eigenvalue weighted by atomic mass is 10.1. The predicted molar refractivity (Wildman–Crippen MR) is 117 cm³/mol. The van der Waals surface area contributed by atoms with E-state index in [1.54, 1.807) is 30.3 Å². The number of hydrogen-bond acceptors (Lipinski definition) is 7. The lowest BCUT2D eigenvalue weighted by Crippen LogP contribution is -2.25. The second-order valence-corrected chi connectivity index (χ2v) is 7.26. The zero-order valence-corrected chi connectivity index (χ0v) is 17.9. The van der Waals surface area contributed by atoms with Crippen molar-refractivity contribution in [3.8, 4) is 17.2 Å². The molecule has 0 spiro atoms. The average Bonchev–Trinajstić information content (AvgIpc) is 3.33. The van der Waals surface area contributed by atoms with Gasteiger partial charge in [0.2, 0.25) is 0 Å². The molecule has 0 aliphatic rings. The maximum atomic E-state index is 12.6. The van der Waals surface area contributed by atoms with Gasteiger partial charge in [0.15, 0.2) is 11.5 Å². The number of nitrogens with one attached hydrogen (secondary N) is 1. The molecule has 0 saturated heterocycles. The summed E-state index contributed by atoms with van der Waals surface area (Å²) in [7, 11) is 5.09. The first-order valence-electron chi connectivity index (χ1n) is 9.80. The summed E-state index contributed by atoms with van der Waals surface area (Å²) in [6.07, 6.45) is 3.17. The molecular weight excluding hydrogens is 396 g/mol. The van der Waals surface area contributed by atoms with E-state index in [9.17, 15) is 4.79 Å². The molecule has 0 unspecified atom stereocenters. The van der Waals surface area contributed by atoms with E-state index in [1.807, 2.05) is 19.2 Å². The number of nitrogens with zero attached hydrogens (tertiary/aromatic N) is 5. The van der Waals surface area contributed by atoms with Gasteiger partial charge in [0.1, 0.15) is 18.5 Å². The number of aromatic amines is 1. The number of rotatable bonds is 7. The molecule has 0 radical (unpaired) electrons. The molecule has 31 heavy (non-hydrogen) atoms. The number of hydrogen-bond donors (Lipinski definition) is 1. The molecule has 2 aromatic heterocycles. The minimum atomic E-state index is -0.209. The van der Waals surface area contributed by atoms with Gasteiger partial charge in [-0.15, -0.1) is 0 Å². The molecular formula is C22H24N6O3. The van der Waals surface area contributed by atoms with Gasteiger partial charge >= 0.3 is 0 Å². The highest BCUT2D eigenvalue weighted by Gasteiger charge is 2.16. The van der Waals surface area contributed by atoms with Crippen molar-refractivity contribution in [3.63, 3.8) is 0 Å². The number of benzene rings is 2. The summed E-state index contributed by atoms with van der Waals surface area (Å²) in [4.78, 5) is 26.2. The van der Waals surface area contributed by atoms with Crippen LogP contribution in [-0.2, 0) is 6.54 Å². The summed E-state index contributed by atoms with van der Waals surface area (Å²) in [5, 5.41) is 4.60. The highest BCUT2D eigenvalue weighted by atomic mass is 16.5. The van der Waals surface area contributed by atoms with Crippen molar-refractivity contribution in [2.75, 3.05) is 21.3 Å². The van der Waals surface area contributed by atoms with Crippen LogP contribution in [0.5, 0.6) is 11.5 Å². The first-order chi connectivity index (χ1) is 15.0. The summed E-state index contributed by atoms with van der Waals surface area (Å²) in [5.41, 5.74) is 2.44. The second kappa shape index (κ2) is 8.57. The van der Waals surface area contributed by atoms with E-state index in [4.69, 9.17) is 9.47 Å². The van der Waals surface area contributed by atoms with Crippen LogP contribution in [0.25, 0.3) is 16.6 Å². The van der Waals surface area contributed by atoms with Crippen molar-refractivity contribution in [1.82, 2.24) is 29.6 Å². The van der Waals surface area contributed by atoms with Crippen LogP contribution in [0.3, 0.4) is 0 Å². The fourth-order valence-electron chi connectivity index (χ4n) is 3.46. The lowest BCUT2D eigenvalue weighted by molar-refractivity contribution is 0.247. The first kappa shape index (κ1) is 20.5. The van der Waals surface area contributed by atoms with E-state index >= 15 is 0 Å². The van der Waals surface area contributed by atoms with E-state index in [1.165, 1.54) is 13.4 Å². The van der Waals surface area contributed by atoms with Gasteiger partial charge in [0.05, 0.1) is 37.4 Å². The Morgan fingerprint density at radius 2 is 1.84 bits per heavy atom. The largest absolute Gasteiger partial charge is 0.493 e. The van der Waals surface area contributed by atoms with E-state index in [-0.39, 0.29) is 11.6 Å². The molecule has 0 amide bonds. The SMILES string of the molecule is COc1cc2nc(CN(C)[C@@H](C)c3ccc(-n4cncn4)cc3)[nH]c(=O)c2cc1OC. The second-order valence-electron chi connectivity index (χ2n) is 7.26. The van der Waals surface area contributed by atoms with Gasteiger partial charge in [0.25, 0.3) is 5.56 Å². The number of H-pyrrole nitrogens is 1. The lowest BCUT2D eigenvalue weighted by Gasteiger charge is -2.24. The van der Waals surface area contributed by atoms with Crippen LogP contribution < -0.4 is 15.0 Å². The summed E-state index contributed by atoms with van der Waals surface area (Å²) < 4.78 is 12.3. The van der Waals surface area contributed by atoms with E-state index in [2.05, 4.69) is 44.0 Å². The molecule has 0 saturated carbocycles. The average molecular weight is 420 g/mol. The van der Waals surface area contributed by atoms with E-state index in [0.717, 1.165) is 11.3 Å². The molecule has 9 nitrogen and oxygen atoms in total. The molecule has 2 heterocycles. The Morgan fingerprint density at radius 1 is 1.13 bits per heavy atom. The van der Waals surface area contributed by atoms with Crippen molar-refractivity contribution in [2.45, 2.75) is 19.5 Å². The van der Waals surface area contributed by atoms with Crippen LogP contribution in [0.1, 0.15) is 24.4 Å². The molecule has 160 valence electrons. The topological polar surface area (TPSA) is 98.2 Å². The van der Waals surface area contributed by atoms with Gasteiger partial charge in [-0.2, -0.15) is 5.10 Å². The number of fused-ring (bicyclic) bond motifs is 1. The van der Waals surface area contributed by atoms with Gasteiger partial charge in [-0.25, -0.2) is 14.6 Å². The Kier molecular flexibility index (Phi) is 5.68. The molecule has 1 atom stereocenters. The van der Waals surface area contributed by atoms with Crippen LogP contribution in [0, 0.1) is 0 Å². The minimum absolute atomic E-state index is 0.108. The van der Waals surface area contributed by atoms with Crippen molar-refractivity contribution in [1.29, 1.82) is 0 Å². The molecule has 4 rings (SSSR count). The highest BCUT2D eigenvalue weighted by Crippen LogP contribution is 2.30. The number of ether oxygens (including phenoxy) is 2. The zero-order chi connectivity index (χ0) is 22.0. The van der Waals surface area contributed by atoms with Crippen LogP contribution >= 0.6 is 0 Å². The van der Waals surface area contributed by atoms with Gasteiger partial charge in [-0.1, -0.05) is 12.1 Å². The summed E-state index contributed by atoms with van der Waals surface area (Å²) in [6.45, 7) is 2.59. The minimum Gasteiger partial charge on any atom is -0.493 e. The molecule has 2 aromatic carbocycles. The number of aromatic nitrogens is 5. The maximum Gasteiger partial charge on any atom is 0.258 e. The molecule has 1 N–H and O–H groups in total. The van der Waals surface area contributed by atoms with Gasteiger partial charge < -0.3 is 14.5 Å². The molecule has 0 aliphatic heterocycles. The molecule has 0 aliphatic carbocycles. The standard InChI is InChI=1S/C22H24N6O3/c1-14(15-5-7-16(8-6-15)28-13-23-12-24-28)27(2)11-21-25-18-10-20(31-4)19(30-3)9-17(18)22(29)26-21/h5-10,12-14H,11H2,1-4H3,(H,25,26,29)/t14-/m0/s1. The Morgan fingerprint density at radius 3 is 2.48 bits per heavy atom. The van der Waals surface area contributed by atoms with Crippen molar-refractivity contribution in [3.05, 3.63) is 70.8 Å². The maximum absolute atomic E-state index is 12.6. The smallest absolute Gasteiger partial charge is 0.258 e. The van der Waals surface area contributed by atoms with Crippen molar-refractivity contribution >= 4 is 10.9 Å². The van der Waals surface area contributed by atoms with Gasteiger partial charge in [-0.05, 0) is 37.7 Å². The Hall–Kier alpha value is -3.72. The monoisotopic (exact) mass is 420 g/mol. The van der Waals surface area contributed by atoms with Gasteiger partial charge in [-0.3, -0.25) is 9.69 Å². The third kappa shape index (κ3) is 4.13. The van der Waals surface area contributed by atoms with Gasteiger partial charge in [0, 0.05) is 12.1 Å². The molecule has 4 aromatic rings. The Balaban J connectivity index is 1.56. The molecule has 9 heteroatoms. The summed E-state index contributed by atoms with van der Waals surface area (Å²) in [6, 6.07) is 11.6. The quantitative estimate of drug-likeness (QED) is 0.491.